The van der Waals surface area contributed by atoms with Crippen LogP contribution in [0.2, 0.25) is 0 Å². The topological polar surface area (TPSA) is 111 Å². The molecule has 0 aliphatic carbocycles. The summed E-state index contributed by atoms with van der Waals surface area (Å²) in [5.74, 6) is -1.34. The minimum atomic E-state index is -0.854. The highest BCUT2D eigenvalue weighted by atomic mass is 16.5. The average Bonchev–Trinajstić information content (AvgIpc) is 2.46. The van der Waals surface area contributed by atoms with Gasteiger partial charge in [0.15, 0.2) is 0 Å². The van der Waals surface area contributed by atoms with Crippen LogP contribution in [0, 0.1) is 11.3 Å². The van der Waals surface area contributed by atoms with Gasteiger partial charge in [-0.3, -0.25) is 9.59 Å². The van der Waals surface area contributed by atoms with Gasteiger partial charge >= 0.3 is 5.97 Å². The lowest BCUT2D eigenvalue weighted by Gasteiger charge is -2.27. The molecule has 4 N–H and O–H groups in total. The Morgan fingerprint density at radius 3 is 2.61 bits per heavy atom. The normalized spacial score (nSPS) is 21.1. The largest absolute Gasteiger partial charge is 0.467 e. The van der Waals surface area contributed by atoms with E-state index in [9.17, 15) is 14.4 Å². The van der Waals surface area contributed by atoms with Crippen LogP contribution in [-0.2, 0) is 19.1 Å². The van der Waals surface area contributed by atoms with Gasteiger partial charge in [0.1, 0.15) is 6.04 Å². The molecule has 132 valence electrons. The highest BCUT2D eigenvalue weighted by Crippen LogP contribution is 2.21. The second-order valence-corrected chi connectivity index (χ2v) is 7.32. The SMILES string of the molecule is COC(=O)C(C[C@@H]1CCCNC1=O)NC(=O)[C@@H](N)CC(C)(C)C. The van der Waals surface area contributed by atoms with Gasteiger partial charge in [-0.05, 0) is 31.1 Å². The number of carbonyl (C=O) groups excluding carboxylic acids is 3. The molecule has 3 atom stereocenters. The van der Waals surface area contributed by atoms with Gasteiger partial charge in [0.05, 0.1) is 13.2 Å². The van der Waals surface area contributed by atoms with E-state index in [0.29, 0.717) is 19.4 Å². The summed E-state index contributed by atoms with van der Waals surface area (Å²) in [6.45, 7) is 6.62. The van der Waals surface area contributed by atoms with Gasteiger partial charge in [-0.2, -0.15) is 0 Å². The lowest BCUT2D eigenvalue weighted by Crippen LogP contribution is -2.51. The summed E-state index contributed by atoms with van der Waals surface area (Å²) >= 11 is 0. The van der Waals surface area contributed by atoms with E-state index in [1.165, 1.54) is 7.11 Å². The third-order valence-electron chi connectivity index (χ3n) is 3.89. The molecule has 1 heterocycles. The molecule has 7 nitrogen and oxygen atoms in total. The first kappa shape index (κ1) is 19.4. The summed E-state index contributed by atoms with van der Waals surface area (Å²) in [7, 11) is 1.26. The number of nitrogens with two attached hydrogens (primary N) is 1. The van der Waals surface area contributed by atoms with Gasteiger partial charge in [-0.1, -0.05) is 20.8 Å². The molecule has 1 rings (SSSR count). The van der Waals surface area contributed by atoms with Crippen molar-refractivity contribution in [1.29, 1.82) is 0 Å². The summed E-state index contributed by atoms with van der Waals surface area (Å²) in [4.78, 5) is 36.0. The average molecular weight is 327 g/mol. The fraction of sp³-hybridized carbons (Fsp3) is 0.812. The number of hydrogen-bond acceptors (Lipinski definition) is 5. The molecule has 0 aromatic rings. The summed E-state index contributed by atoms with van der Waals surface area (Å²) in [6, 6.07) is -1.56. The Bertz CT molecular complexity index is 445. The predicted molar refractivity (Wildman–Crippen MR) is 86.3 cm³/mol. The molecular weight excluding hydrogens is 298 g/mol. The van der Waals surface area contributed by atoms with E-state index in [1.54, 1.807) is 0 Å². The van der Waals surface area contributed by atoms with E-state index in [4.69, 9.17) is 10.5 Å². The Balaban J connectivity index is 2.69. The van der Waals surface area contributed by atoms with Crippen LogP contribution in [-0.4, -0.2) is 43.5 Å². The van der Waals surface area contributed by atoms with Gasteiger partial charge < -0.3 is 21.1 Å². The Kier molecular flexibility index (Phi) is 7.00. The Morgan fingerprint density at radius 1 is 1.43 bits per heavy atom. The lowest BCUT2D eigenvalue weighted by molar-refractivity contribution is -0.146. The minimum Gasteiger partial charge on any atom is -0.467 e. The number of nitrogens with one attached hydrogen (secondary N) is 2. The molecule has 7 heteroatoms. The van der Waals surface area contributed by atoms with Crippen molar-refractivity contribution in [2.24, 2.45) is 17.1 Å². The zero-order valence-corrected chi connectivity index (χ0v) is 14.5. The van der Waals surface area contributed by atoms with Gasteiger partial charge in [0.25, 0.3) is 0 Å². The molecular formula is C16H29N3O4. The van der Waals surface area contributed by atoms with Crippen LogP contribution in [0.15, 0.2) is 0 Å². The Labute approximate surface area is 137 Å². The van der Waals surface area contributed by atoms with E-state index in [1.807, 2.05) is 20.8 Å². The first-order valence-electron chi connectivity index (χ1n) is 8.05. The summed E-state index contributed by atoms with van der Waals surface area (Å²) in [5.41, 5.74) is 5.81. The summed E-state index contributed by atoms with van der Waals surface area (Å²) in [6.07, 6.45) is 2.29. The molecule has 2 amide bonds. The first-order chi connectivity index (χ1) is 10.6. The van der Waals surface area contributed by atoms with Crippen molar-refractivity contribution in [2.45, 2.75) is 58.5 Å². The monoisotopic (exact) mass is 327 g/mol. The fourth-order valence-corrected chi connectivity index (χ4v) is 2.73. The third kappa shape index (κ3) is 6.56. The van der Waals surface area contributed by atoms with Crippen molar-refractivity contribution in [3.05, 3.63) is 0 Å². The second-order valence-electron chi connectivity index (χ2n) is 7.32. The number of esters is 1. The van der Waals surface area contributed by atoms with Gasteiger partial charge in [-0.15, -0.1) is 0 Å². The lowest BCUT2D eigenvalue weighted by atomic mass is 9.87. The highest BCUT2D eigenvalue weighted by Gasteiger charge is 2.32. The first-order valence-corrected chi connectivity index (χ1v) is 8.05. The van der Waals surface area contributed by atoms with Crippen LogP contribution in [0.5, 0.6) is 0 Å². The molecule has 1 aliphatic heterocycles. The van der Waals surface area contributed by atoms with Crippen LogP contribution < -0.4 is 16.4 Å². The minimum absolute atomic E-state index is 0.0848. The molecule has 0 aromatic heterocycles. The molecule has 1 saturated heterocycles. The number of amides is 2. The quantitative estimate of drug-likeness (QED) is 0.609. The number of rotatable bonds is 6. The molecule has 1 aliphatic rings. The van der Waals surface area contributed by atoms with Gasteiger partial charge in [-0.25, -0.2) is 4.79 Å². The molecule has 0 spiro atoms. The van der Waals surface area contributed by atoms with Crippen molar-refractivity contribution in [3.63, 3.8) is 0 Å². The zero-order valence-electron chi connectivity index (χ0n) is 14.5. The van der Waals surface area contributed by atoms with E-state index >= 15 is 0 Å². The fourth-order valence-electron chi connectivity index (χ4n) is 2.73. The standard InChI is InChI=1S/C16H29N3O4/c1-16(2,3)9-11(17)14(21)19-12(15(22)23-4)8-10-6-5-7-18-13(10)20/h10-12H,5-9,17H2,1-4H3,(H,18,20)(H,19,21)/t10-,11-,12?/m0/s1. The Morgan fingerprint density at radius 2 is 2.09 bits per heavy atom. The number of methoxy groups -OCH3 is 1. The van der Waals surface area contributed by atoms with Crippen molar-refractivity contribution in [1.82, 2.24) is 10.6 Å². The van der Waals surface area contributed by atoms with E-state index in [2.05, 4.69) is 10.6 Å². The predicted octanol–water partition coefficient (Wildman–Crippen LogP) is 0.324. The molecule has 23 heavy (non-hydrogen) atoms. The van der Waals surface area contributed by atoms with Crippen LogP contribution in [0.25, 0.3) is 0 Å². The molecule has 1 unspecified atom stereocenters. The van der Waals surface area contributed by atoms with Crippen LogP contribution >= 0.6 is 0 Å². The number of hydrogen-bond donors (Lipinski definition) is 3. The van der Waals surface area contributed by atoms with Crippen molar-refractivity contribution >= 4 is 17.8 Å². The van der Waals surface area contributed by atoms with E-state index in [0.717, 1.165) is 6.42 Å². The summed E-state index contributed by atoms with van der Waals surface area (Å²) in [5, 5.41) is 5.41. The number of ether oxygens (including phenoxy) is 1. The van der Waals surface area contributed by atoms with Crippen molar-refractivity contribution in [2.75, 3.05) is 13.7 Å². The Hall–Kier alpha value is -1.63. The highest BCUT2D eigenvalue weighted by molar-refractivity contribution is 5.88. The molecule has 0 saturated carbocycles. The molecule has 0 bridgehead atoms. The van der Waals surface area contributed by atoms with Crippen LogP contribution in [0.3, 0.4) is 0 Å². The van der Waals surface area contributed by atoms with Gasteiger partial charge in [0.2, 0.25) is 11.8 Å². The second kappa shape index (κ2) is 8.29. The number of piperidine rings is 1. The smallest absolute Gasteiger partial charge is 0.328 e. The molecule has 1 fully saturated rings. The maximum Gasteiger partial charge on any atom is 0.328 e. The van der Waals surface area contributed by atoms with Gasteiger partial charge in [0, 0.05) is 12.5 Å². The van der Waals surface area contributed by atoms with E-state index in [-0.39, 0.29) is 23.7 Å². The molecule has 0 radical (unpaired) electrons. The molecule has 0 aromatic carbocycles. The maximum absolute atomic E-state index is 12.2. The van der Waals surface area contributed by atoms with E-state index < -0.39 is 24.0 Å². The zero-order chi connectivity index (χ0) is 17.6. The third-order valence-corrected chi connectivity index (χ3v) is 3.89. The van der Waals surface area contributed by atoms with Crippen LogP contribution in [0.4, 0.5) is 0 Å². The van der Waals surface area contributed by atoms with Crippen molar-refractivity contribution < 1.29 is 19.1 Å². The summed E-state index contributed by atoms with van der Waals surface area (Å²) < 4.78 is 4.74. The van der Waals surface area contributed by atoms with Crippen LogP contribution in [0.1, 0.15) is 46.5 Å². The van der Waals surface area contributed by atoms with Crippen molar-refractivity contribution in [3.8, 4) is 0 Å². The maximum atomic E-state index is 12.2. The number of carbonyl (C=O) groups is 3.